The molecular weight excluding hydrogens is 174 g/mol. The molecule has 0 spiro atoms. The van der Waals surface area contributed by atoms with Gasteiger partial charge in [0.05, 0.1) is 0 Å². The molecule has 0 aromatic rings. The first-order chi connectivity index (χ1) is 6.48. The van der Waals surface area contributed by atoms with E-state index in [9.17, 15) is 4.79 Å². The number of rotatable bonds is 2. The number of carbonyl (C=O) groups excluding carboxylic acids is 1. The molecule has 2 saturated carbocycles. The van der Waals surface area contributed by atoms with Gasteiger partial charge in [-0.25, -0.2) is 0 Å². The Morgan fingerprint density at radius 1 is 1.21 bits per heavy atom. The Labute approximate surface area is 86.5 Å². The number of nitrogens with one attached hydrogen (secondary N) is 1. The minimum absolute atomic E-state index is 0.145. The molecule has 0 saturated heterocycles. The Hall–Kier alpha value is -0.530. The molecule has 2 fully saturated rings. The maximum absolute atomic E-state index is 11.1. The van der Waals surface area contributed by atoms with Gasteiger partial charge in [-0.05, 0) is 43.4 Å². The second-order valence-electron chi connectivity index (χ2n) is 5.66. The Kier molecular flexibility index (Phi) is 2.13. The molecule has 0 aliphatic heterocycles. The van der Waals surface area contributed by atoms with E-state index in [1.54, 1.807) is 6.92 Å². The van der Waals surface area contributed by atoms with Crippen LogP contribution >= 0.6 is 0 Å². The molecule has 1 N–H and O–H groups in total. The highest BCUT2D eigenvalue weighted by Crippen LogP contribution is 2.59. The van der Waals surface area contributed by atoms with E-state index < -0.39 is 0 Å². The second kappa shape index (κ2) is 2.98. The van der Waals surface area contributed by atoms with Crippen LogP contribution in [0.25, 0.3) is 0 Å². The van der Waals surface area contributed by atoms with Gasteiger partial charge in [0.15, 0.2) is 0 Å². The summed E-state index contributed by atoms with van der Waals surface area (Å²) < 4.78 is 0. The van der Waals surface area contributed by atoms with Gasteiger partial charge in [-0.1, -0.05) is 13.8 Å². The Bertz CT molecular complexity index is 249. The highest BCUT2D eigenvalue weighted by atomic mass is 16.1. The van der Waals surface area contributed by atoms with E-state index in [4.69, 9.17) is 0 Å². The first-order valence-electron chi connectivity index (χ1n) is 5.77. The molecule has 14 heavy (non-hydrogen) atoms. The summed E-state index contributed by atoms with van der Waals surface area (Å²) in [7, 11) is 0. The molecule has 2 aliphatic carbocycles. The highest BCUT2D eigenvalue weighted by Gasteiger charge is 2.55. The number of fused-ring (bicyclic) bond motifs is 2. The van der Waals surface area contributed by atoms with E-state index in [-0.39, 0.29) is 11.4 Å². The van der Waals surface area contributed by atoms with Crippen molar-refractivity contribution >= 4 is 5.91 Å². The lowest BCUT2D eigenvalue weighted by Crippen LogP contribution is -2.43. The molecule has 2 nitrogen and oxygen atoms in total. The maximum atomic E-state index is 11.1. The van der Waals surface area contributed by atoms with Crippen molar-refractivity contribution < 1.29 is 4.79 Å². The third-order valence-electron chi connectivity index (χ3n) is 4.56. The van der Waals surface area contributed by atoms with E-state index in [2.05, 4.69) is 19.2 Å². The zero-order chi connectivity index (χ0) is 10.4. The molecule has 0 radical (unpaired) electrons. The van der Waals surface area contributed by atoms with Crippen molar-refractivity contribution in [1.29, 1.82) is 0 Å². The topological polar surface area (TPSA) is 29.1 Å². The molecule has 0 atom stereocenters. The largest absolute Gasteiger partial charge is 0.351 e. The van der Waals surface area contributed by atoms with E-state index in [0.29, 0.717) is 5.41 Å². The minimum atomic E-state index is 0.145. The quantitative estimate of drug-likeness (QED) is 0.720. The minimum Gasteiger partial charge on any atom is -0.351 e. The van der Waals surface area contributed by atoms with Crippen LogP contribution in [0, 0.1) is 11.3 Å². The summed E-state index contributed by atoms with van der Waals surface area (Å²) >= 11 is 0. The predicted octanol–water partition coefficient (Wildman–Crippen LogP) is 2.48. The van der Waals surface area contributed by atoms with Crippen molar-refractivity contribution in [2.45, 2.75) is 58.4 Å². The molecular formula is C12H21NO. The third kappa shape index (κ3) is 1.35. The van der Waals surface area contributed by atoms with Gasteiger partial charge in [-0.2, -0.15) is 0 Å². The van der Waals surface area contributed by atoms with Crippen LogP contribution < -0.4 is 5.32 Å². The third-order valence-corrected chi connectivity index (χ3v) is 4.56. The van der Waals surface area contributed by atoms with Crippen molar-refractivity contribution in [2.75, 3.05) is 0 Å². The first-order valence-corrected chi connectivity index (χ1v) is 5.77. The van der Waals surface area contributed by atoms with E-state index in [1.807, 2.05) is 0 Å². The molecule has 1 amide bonds. The highest BCUT2D eigenvalue weighted by molar-refractivity contribution is 5.74. The first kappa shape index (κ1) is 10.0. The Morgan fingerprint density at radius 2 is 1.79 bits per heavy atom. The van der Waals surface area contributed by atoms with Gasteiger partial charge in [0.25, 0.3) is 0 Å². The van der Waals surface area contributed by atoms with Gasteiger partial charge < -0.3 is 5.32 Å². The summed E-state index contributed by atoms with van der Waals surface area (Å²) in [6, 6.07) is 0. The van der Waals surface area contributed by atoms with Gasteiger partial charge in [0, 0.05) is 12.5 Å². The maximum Gasteiger partial charge on any atom is 0.217 e. The molecule has 2 rings (SSSR count). The molecule has 2 heteroatoms. The smallest absolute Gasteiger partial charge is 0.217 e. The fourth-order valence-corrected chi connectivity index (χ4v) is 3.58. The summed E-state index contributed by atoms with van der Waals surface area (Å²) in [6.45, 7) is 6.30. The summed E-state index contributed by atoms with van der Waals surface area (Å²) in [6.07, 6.45) is 6.24. The number of carbonyl (C=O) groups is 1. The fourth-order valence-electron chi connectivity index (χ4n) is 3.58. The van der Waals surface area contributed by atoms with Crippen LogP contribution in [0.3, 0.4) is 0 Å². The molecule has 2 aliphatic rings. The lowest BCUT2D eigenvalue weighted by atomic mass is 9.75. The predicted molar refractivity (Wildman–Crippen MR) is 56.9 cm³/mol. The lowest BCUT2D eigenvalue weighted by molar-refractivity contribution is -0.120. The van der Waals surface area contributed by atoms with Crippen LogP contribution in [0.2, 0.25) is 0 Å². The Morgan fingerprint density at radius 3 is 2.14 bits per heavy atom. The van der Waals surface area contributed by atoms with Gasteiger partial charge in [-0.15, -0.1) is 0 Å². The summed E-state index contributed by atoms with van der Waals surface area (Å²) in [5.41, 5.74) is 0.721. The van der Waals surface area contributed by atoms with Crippen LogP contribution in [0.1, 0.15) is 52.9 Å². The average molecular weight is 195 g/mol. The van der Waals surface area contributed by atoms with Crippen molar-refractivity contribution in [3.8, 4) is 0 Å². The molecule has 0 aromatic heterocycles. The fraction of sp³-hybridized carbons (Fsp3) is 0.917. The van der Waals surface area contributed by atoms with Crippen LogP contribution in [0.4, 0.5) is 0 Å². The zero-order valence-electron chi connectivity index (χ0n) is 9.52. The number of hydrogen-bond donors (Lipinski definition) is 1. The lowest BCUT2D eigenvalue weighted by Gasteiger charge is -2.30. The normalized spacial score (nSPS) is 40.6. The van der Waals surface area contributed by atoms with Gasteiger partial charge in [0.1, 0.15) is 0 Å². The van der Waals surface area contributed by atoms with Crippen molar-refractivity contribution in [3.05, 3.63) is 0 Å². The summed E-state index contributed by atoms with van der Waals surface area (Å²) in [4.78, 5) is 11.1. The van der Waals surface area contributed by atoms with Crippen LogP contribution in [-0.4, -0.2) is 11.4 Å². The van der Waals surface area contributed by atoms with Crippen molar-refractivity contribution in [2.24, 2.45) is 11.3 Å². The molecule has 2 bridgehead atoms. The molecule has 0 aromatic carbocycles. The molecule has 0 unspecified atom stereocenters. The van der Waals surface area contributed by atoms with Crippen LogP contribution in [0.15, 0.2) is 0 Å². The van der Waals surface area contributed by atoms with Gasteiger partial charge in [-0.3, -0.25) is 4.79 Å². The summed E-state index contributed by atoms with van der Waals surface area (Å²) in [5, 5.41) is 3.19. The number of amides is 1. The van der Waals surface area contributed by atoms with Crippen LogP contribution in [-0.2, 0) is 4.79 Å². The van der Waals surface area contributed by atoms with E-state index >= 15 is 0 Å². The average Bonchev–Trinajstić information content (AvgIpc) is 2.58. The van der Waals surface area contributed by atoms with E-state index in [0.717, 1.165) is 5.92 Å². The number of hydrogen-bond acceptors (Lipinski definition) is 1. The molecule has 80 valence electrons. The SMILES string of the molecule is CC(=O)NC12CCC(C(C)C)(CC1)C2. The summed E-state index contributed by atoms with van der Waals surface area (Å²) in [5.74, 6) is 0.909. The van der Waals surface area contributed by atoms with Gasteiger partial charge >= 0.3 is 0 Å². The Balaban J connectivity index is 2.12. The monoisotopic (exact) mass is 195 g/mol. The van der Waals surface area contributed by atoms with Gasteiger partial charge in [0.2, 0.25) is 5.91 Å². The van der Waals surface area contributed by atoms with Crippen LogP contribution in [0.5, 0.6) is 0 Å². The zero-order valence-corrected chi connectivity index (χ0v) is 9.52. The van der Waals surface area contributed by atoms with Crippen molar-refractivity contribution in [1.82, 2.24) is 5.32 Å². The van der Waals surface area contributed by atoms with E-state index in [1.165, 1.54) is 32.1 Å². The standard InChI is InChI=1S/C12H21NO/c1-9(2)11-4-6-12(8-11,7-5-11)13-10(3)14/h9H,4-8H2,1-3H3,(H,13,14). The van der Waals surface area contributed by atoms with Crippen molar-refractivity contribution in [3.63, 3.8) is 0 Å². The molecule has 0 heterocycles. The second-order valence-corrected chi connectivity index (χ2v) is 5.66.